The van der Waals surface area contributed by atoms with Gasteiger partial charge in [0.25, 0.3) is 0 Å². The third-order valence-corrected chi connectivity index (χ3v) is 4.81. The summed E-state index contributed by atoms with van der Waals surface area (Å²) in [4.78, 5) is 27.8. The van der Waals surface area contributed by atoms with E-state index in [1.54, 1.807) is 11.9 Å². The molecule has 1 aliphatic rings. The Morgan fingerprint density at radius 3 is 2.33 bits per heavy atom. The van der Waals surface area contributed by atoms with Crippen LogP contribution >= 0.6 is 11.6 Å². The predicted octanol–water partition coefficient (Wildman–Crippen LogP) is 2.90. The van der Waals surface area contributed by atoms with Crippen molar-refractivity contribution in [2.45, 2.75) is 0 Å². The van der Waals surface area contributed by atoms with Gasteiger partial charge in [0, 0.05) is 43.9 Å². The molecule has 2 N–H and O–H groups in total. The molecule has 2 aromatic rings. The van der Waals surface area contributed by atoms with Crippen molar-refractivity contribution in [3.63, 3.8) is 0 Å². The first-order valence-electron chi connectivity index (χ1n) is 8.90. The van der Waals surface area contributed by atoms with Crippen LogP contribution in [0.1, 0.15) is 0 Å². The second kappa shape index (κ2) is 8.88. The van der Waals surface area contributed by atoms with E-state index < -0.39 is 0 Å². The molecule has 1 saturated heterocycles. The van der Waals surface area contributed by atoms with Gasteiger partial charge < -0.3 is 15.5 Å². The van der Waals surface area contributed by atoms with Crippen molar-refractivity contribution in [3.8, 4) is 11.1 Å². The molecule has 3 rings (SSSR count). The van der Waals surface area contributed by atoms with E-state index in [1.807, 2.05) is 53.4 Å². The Balaban J connectivity index is 1.59. The number of hydrogen-bond donors (Lipinski definition) is 2. The van der Waals surface area contributed by atoms with Gasteiger partial charge in [-0.25, -0.2) is 4.79 Å². The fourth-order valence-corrected chi connectivity index (χ4v) is 3.23. The maximum Gasteiger partial charge on any atom is 0.321 e. The fourth-order valence-electron chi connectivity index (χ4n) is 3.04. The number of urea groups is 1. The van der Waals surface area contributed by atoms with Crippen LogP contribution in [0.5, 0.6) is 0 Å². The van der Waals surface area contributed by atoms with E-state index >= 15 is 0 Å². The Kier molecular flexibility index (Phi) is 6.32. The zero-order valence-corrected chi connectivity index (χ0v) is 16.0. The number of hydrogen-bond acceptors (Lipinski definition) is 3. The summed E-state index contributed by atoms with van der Waals surface area (Å²) >= 11 is 6.07. The van der Waals surface area contributed by atoms with Crippen LogP contribution in [0, 0.1) is 0 Å². The van der Waals surface area contributed by atoms with Crippen LogP contribution in [0.4, 0.5) is 10.5 Å². The lowest BCUT2D eigenvalue weighted by Crippen LogP contribution is -2.51. The molecule has 0 atom stereocenters. The first-order chi connectivity index (χ1) is 13.0. The molecule has 1 aliphatic heterocycles. The average molecular weight is 387 g/mol. The fraction of sp³-hybridized carbons (Fsp3) is 0.300. The zero-order valence-electron chi connectivity index (χ0n) is 15.2. The summed E-state index contributed by atoms with van der Waals surface area (Å²) in [5.74, 6) is -0.00858. The van der Waals surface area contributed by atoms with E-state index in [9.17, 15) is 9.59 Å². The molecule has 0 bridgehead atoms. The molecular formula is C20H23ClN4O2. The number of piperazine rings is 1. The quantitative estimate of drug-likeness (QED) is 0.849. The van der Waals surface area contributed by atoms with Crippen LogP contribution in [0.25, 0.3) is 11.1 Å². The molecule has 0 spiro atoms. The van der Waals surface area contributed by atoms with Gasteiger partial charge >= 0.3 is 6.03 Å². The number of amides is 3. The van der Waals surface area contributed by atoms with Gasteiger partial charge in [-0.2, -0.15) is 0 Å². The highest BCUT2D eigenvalue weighted by molar-refractivity contribution is 6.30. The van der Waals surface area contributed by atoms with Crippen LogP contribution < -0.4 is 10.6 Å². The maximum atomic E-state index is 12.6. The molecule has 1 heterocycles. The molecule has 2 aromatic carbocycles. The van der Waals surface area contributed by atoms with Crippen molar-refractivity contribution < 1.29 is 9.59 Å². The lowest BCUT2D eigenvalue weighted by atomic mass is 10.1. The number of carbonyl (C=O) groups excluding carboxylic acids is 2. The van der Waals surface area contributed by atoms with Gasteiger partial charge in [0.05, 0.1) is 6.54 Å². The van der Waals surface area contributed by atoms with Gasteiger partial charge in [0.1, 0.15) is 0 Å². The average Bonchev–Trinajstić information content (AvgIpc) is 2.68. The van der Waals surface area contributed by atoms with Crippen molar-refractivity contribution in [1.82, 2.24) is 15.1 Å². The smallest absolute Gasteiger partial charge is 0.321 e. The van der Waals surface area contributed by atoms with E-state index in [2.05, 4.69) is 10.6 Å². The van der Waals surface area contributed by atoms with E-state index in [4.69, 9.17) is 11.6 Å². The standard InChI is InChI=1S/C20H23ClN4O2/c1-22-19(26)14-24-8-10-25(11-9-24)20(27)23-18-7-3-5-16(13-18)15-4-2-6-17(21)12-15/h2-7,12-13H,8-11,14H2,1H3,(H,22,26)(H,23,27). The van der Waals surface area contributed by atoms with Crippen LogP contribution in [0.3, 0.4) is 0 Å². The van der Waals surface area contributed by atoms with Crippen LogP contribution in [-0.4, -0.2) is 61.5 Å². The Hall–Kier alpha value is -2.57. The first-order valence-corrected chi connectivity index (χ1v) is 9.28. The highest BCUT2D eigenvalue weighted by Gasteiger charge is 2.22. The molecule has 142 valence electrons. The molecule has 0 aliphatic carbocycles. The Bertz CT molecular complexity index is 819. The summed E-state index contributed by atoms with van der Waals surface area (Å²) < 4.78 is 0. The van der Waals surface area contributed by atoms with Gasteiger partial charge in [-0.3, -0.25) is 9.69 Å². The van der Waals surface area contributed by atoms with Crippen molar-refractivity contribution in [2.75, 3.05) is 45.1 Å². The number of nitrogens with one attached hydrogen (secondary N) is 2. The number of carbonyl (C=O) groups is 2. The molecular weight excluding hydrogens is 364 g/mol. The summed E-state index contributed by atoms with van der Waals surface area (Å²) in [7, 11) is 1.63. The third-order valence-electron chi connectivity index (χ3n) is 4.58. The minimum absolute atomic E-state index is 0.00858. The van der Waals surface area contributed by atoms with Gasteiger partial charge in [0.2, 0.25) is 5.91 Å². The van der Waals surface area contributed by atoms with Crippen molar-refractivity contribution in [3.05, 3.63) is 53.6 Å². The highest BCUT2D eigenvalue weighted by atomic mass is 35.5. The van der Waals surface area contributed by atoms with E-state index in [0.717, 1.165) is 16.8 Å². The van der Waals surface area contributed by atoms with Gasteiger partial charge in [-0.15, -0.1) is 0 Å². The number of halogens is 1. The Morgan fingerprint density at radius 1 is 1.00 bits per heavy atom. The minimum Gasteiger partial charge on any atom is -0.358 e. The number of benzene rings is 2. The summed E-state index contributed by atoms with van der Waals surface area (Å²) in [5, 5.41) is 6.26. The molecule has 27 heavy (non-hydrogen) atoms. The summed E-state index contributed by atoms with van der Waals surface area (Å²) in [6.07, 6.45) is 0. The van der Waals surface area contributed by atoms with Gasteiger partial charge in [-0.1, -0.05) is 35.9 Å². The molecule has 0 saturated carbocycles. The van der Waals surface area contributed by atoms with Crippen molar-refractivity contribution in [2.24, 2.45) is 0 Å². The topological polar surface area (TPSA) is 64.7 Å². The molecule has 0 unspecified atom stereocenters. The Morgan fingerprint density at radius 2 is 1.67 bits per heavy atom. The number of nitrogens with zero attached hydrogens (tertiary/aromatic N) is 2. The first kappa shape index (κ1) is 19.2. The third kappa shape index (κ3) is 5.21. The lowest BCUT2D eigenvalue weighted by molar-refractivity contribution is -0.122. The molecule has 0 radical (unpaired) electrons. The van der Waals surface area contributed by atoms with E-state index in [0.29, 0.717) is 37.7 Å². The number of rotatable bonds is 4. The van der Waals surface area contributed by atoms with Crippen LogP contribution in [-0.2, 0) is 4.79 Å². The van der Waals surface area contributed by atoms with Crippen molar-refractivity contribution >= 4 is 29.2 Å². The normalized spacial score (nSPS) is 14.7. The second-order valence-corrected chi connectivity index (χ2v) is 6.89. The summed E-state index contributed by atoms with van der Waals surface area (Å²) in [5.41, 5.74) is 2.73. The number of anilines is 1. The molecule has 6 nitrogen and oxygen atoms in total. The monoisotopic (exact) mass is 386 g/mol. The number of likely N-dealkylation sites (N-methyl/N-ethyl adjacent to an activating group) is 1. The maximum absolute atomic E-state index is 12.6. The largest absolute Gasteiger partial charge is 0.358 e. The molecule has 7 heteroatoms. The van der Waals surface area contributed by atoms with Crippen LogP contribution in [0.2, 0.25) is 5.02 Å². The summed E-state index contributed by atoms with van der Waals surface area (Å²) in [6.45, 7) is 2.92. The highest BCUT2D eigenvalue weighted by Crippen LogP contribution is 2.25. The lowest BCUT2D eigenvalue weighted by Gasteiger charge is -2.34. The van der Waals surface area contributed by atoms with Crippen molar-refractivity contribution in [1.29, 1.82) is 0 Å². The molecule has 1 fully saturated rings. The zero-order chi connectivity index (χ0) is 19.2. The Labute approximate surface area is 164 Å². The minimum atomic E-state index is -0.127. The second-order valence-electron chi connectivity index (χ2n) is 6.46. The summed E-state index contributed by atoms with van der Waals surface area (Å²) in [6, 6.07) is 15.2. The van der Waals surface area contributed by atoms with E-state index in [-0.39, 0.29) is 11.9 Å². The SMILES string of the molecule is CNC(=O)CN1CCN(C(=O)Nc2cccc(-c3cccc(Cl)c3)c2)CC1. The van der Waals surface area contributed by atoms with Crippen LogP contribution in [0.15, 0.2) is 48.5 Å². The van der Waals surface area contributed by atoms with Gasteiger partial charge in [0.15, 0.2) is 0 Å². The molecule has 0 aromatic heterocycles. The van der Waals surface area contributed by atoms with Gasteiger partial charge in [-0.05, 0) is 35.4 Å². The van der Waals surface area contributed by atoms with E-state index in [1.165, 1.54) is 0 Å². The molecule has 3 amide bonds. The predicted molar refractivity (Wildman–Crippen MR) is 108 cm³/mol.